The standard InChI is InChI=1S/C20H21N3O/c1-20(2)11-15-17(16(24)12-20)18(13-7-4-3-5-8-13)23-19-14(22-15)9-6-10-21-19/h3-10,18,22H,11-12H2,1-2H3,(H,21,23)/t18-/m0/s1. The van der Waals surface area contributed by atoms with Gasteiger partial charge in [0.2, 0.25) is 0 Å². The van der Waals surface area contributed by atoms with Crippen molar-refractivity contribution in [1.82, 2.24) is 4.98 Å². The summed E-state index contributed by atoms with van der Waals surface area (Å²) in [5.74, 6) is 0.995. The molecular weight excluding hydrogens is 298 g/mol. The quantitative estimate of drug-likeness (QED) is 0.822. The second-order valence-electron chi connectivity index (χ2n) is 7.35. The molecule has 0 bridgehead atoms. The van der Waals surface area contributed by atoms with Crippen molar-refractivity contribution in [3.05, 3.63) is 65.5 Å². The predicted octanol–water partition coefficient (Wildman–Crippen LogP) is 4.30. The molecule has 1 aliphatic heterocycles. The lowest BCUT2D eigenvalue weighted by atomic mass is 9.73. The van der Waals surface area contributed by atoms with Crippen LogP contribution in [0.15, 0.2) is 59.9 Å². The molecule has 0 spiro atoms. The lowest BCUT2D eigenvalue weighted by Crippen LogP contribution is -2.31. The van der Waals surface area contributed by atoms with Crippen LogP contribution in [0.3, 0.4) is 0 Å². The van der Waals surface area contributed by atoms with Crippen LogP contribution in [0.25, 0.3) is 0 Å². The van der Waals surface area contributed by atoms with Crippen molar-refractivity contribution >= 4 is 17.3 Å². The number of benzene rings is 1. The Bertz CT molecular complexity index is 824. The van der Waals surface area contributed by atoms with Gasteiger partial charge in [-0.1, -0.05) is 44.2 Å². The normalized spacial score (nSPS) is 21.9. The summed E-state index contributed by atoms with van der Waals surface area (Å²) in [6.07, 6.45) is 3.20. The number of fused-ring (bicyclic) bond motifs is 1. The predicted molar refractivity (Wildman–Crippen MR) is 95.7 cm³/mol. The van der Waals surface area contributed by atoms with Crippen LogP contribution in [-0.2, 0) is 4.79 Å². The number of pyridine rings is 1. The van der Waals surface area contributed by atoms with Gasteiger partial charge >= 0.3 is 0 Å². The Morgan fingerprint density at radius 1 is 1.08 bits per heavy atom. The summed E-state index contributed by atoms with van der Waals surface area (Å²) in [6, 6.07) is 13.9. The van der Waals surface area contributed by atoms with E-state index in [1.807, 2.05) is 30.3 Å². The van der Waals surface area contributed by atoms with E-state index >= 15 is 0 Å². The van der Waals surface area contributed by atoms with E-state index in [9.17, 15) is 4.79 Å². The Balaban J connectivity index is 1.89. The van der Waals surface area contributed by atoms with Crippen molar-refractivity contribution < 1.29 is 4.79 Å². The SMILES string of the molecule is CC1(C)CC(=O)C2=C(C1)Nc1cccnc1N[C@H]2c1ccccc1. The number of nitrogens with zero attached hydrogens (tertiary/aromatic N) is 1. The number of hydrogen-bond acceptors (Lipinski definition) is 4. The van der Waals surface area contributed by atoms with Crippen molar-refractivity contribution in [2.24, 2.45) is 5.41 Å². The van der Waals surface area contributed by atoms with Gasteiger partial charge in [0, 0.05) is 23.9 Å². The smallest absolute Gasteiger partial charge is 0.163 e. The van der Waals surface area contributed by atoms with Crippen molar-refractivity contribution in [3.63, 3.8) is 0 Å². The zero-order valence-corrected chi connectivity index (χ0v) is 14.0. The maximum absolute atomic E-state index is 13.0. The minimum Gasteiger partial charge on any atom is -0.357 e. The number of nitrogens with one attached hydrogen (secondary N) is 2. The van der Waals surface area contributed by atoms with E-state index < -0.39 is 0 Å². The van der Waals surface area contributed by atoms with E-state index in [1.165, 1.54) is 0 Å². The highest BCUT2D eigenvalue weighted by atomic mass is 16.1. The first-order valence-electron chi connectivity index (χ1n) is 8.33. The molecular formula is C20H21N3O. The molecule has 1 aromatic heterocycles. The van der Waals surface area contributed by atoms with Crippen LogP contribution in [0, 0.1) is 5.41 Å². The van der Waals surface area contributed by atoms with Crippen LogP contribution < -0.4 is 10.6 Å². The summed E-state index contributed by atoms with van der Waals surface area (Å²) in [6.45, 7) is 4.30. The first-order chi connectivity index (χ1) is 11.5. The molecule has 0 amide bonds. The summed E-state index contributed by atoms with van der Waals surface area (Å²) in [5.41, 5.74) is 3.84. The minimum absolute atomic E-state index is 0.0309. The molecule has 1 aliphatic carbocycles. The van der Waals surface area contributed by atoms with E-state index in [0.717, 1.165) is 34.8 Å². The van der Waals surface area contributed by atoms with Gasteiger partial charge in [-0.15, -0.1) is 0 Å². The highest BCUT2D eigenvalue weighted by molar-refractivity contribution is 6.00. The molecule has 0 unspecified atom stereocenters. The van der Waals surface area contributed by atoms with Gasteiger partial charge < -0.3 is 10.6 Å². The Labute approximate surface area is 142 Å². The van der Waals surface area contributed by atoms with Crippen LogP contribution in [0.5, 0.6) is 0 Å². The summed E-state index contributed by atoms with van der Waals surface area (Å²) in [7, 11) is 0. The van der Waals surface area contributed by atoms with E-state index in [0.29, 0.717) is 6.42 Å². The number of anilines is 2. The van der Waals surface area contributed by atoms with Crippen molar-refractivity contribution in [2.75, 3.05) is 10.6 Å². The molecule has 0 radical (unpaired) electrons. The highest BCUT2D eigenvalue weighted by Gasteiger charge is 2.38. The number of allylic oxidation sites excluding steroid dienone is 1. The zero-order chi connectivity index (χ0) is 16.7. The number of ketones is 1. The molecule has 2 aromatic rings. The lowest BCUT2D eigenvalue weighted by molar-refractivity contribution is -0.118. The number of carbonyl (C=O) groups excluding carboxylic acids is 1. The van der Waals surface area contributed by atoms with Gasteiger partial charge in [-0.3, -0.25) is 4.79 Å². The molecule has 24 heavy (non-hydrogen) atoms. The third-order valence-corrected chi connectivity index (χ3v) is 4.72. The Kier molecular flexibility index (Phi) is 3.41. The molecule has 4 heteroatoms. The van der Waals surface area contributed by atoms with E-state index in [1.54, 1.807) is 6.20 Å². The summed E-state index contributed by atoms with van der Waals surface area (Å²) in [5, 5.41) is 6.96. The number of carbonyl (C=O) groups is 1. The van der Waals surface area contributed by atoms with Crippen molar-refractivity contribution in [3.8, 4) is 0 Å². The van der Waals surface area contributed by atoms with Crippen molar-refractivity contribution in [1.29, 1.82) is 0 Å². The van der Waals surface area contributed by atoms with Gasteiger partial charge in [0.25, 0.3) is 0 Å². The molecule has 4 rings (SSSR count). The van der Waals surface area contributed by atoms with Gasteiger partial charge in [0.15, 0.2) is 5.78 Å². The molecule has 2 N–H and O–H groups in total. The minimum atomic E-state index is -0.173. The van der Waals surface area contributed by atoms with Gasteiger partial charge in [0.05, 0.1) is 11.7 Å². The number of aromatic nitrogens is 1. The largest absolute Gasteiger partial charge is 0.357 e. The van der Waals surface area contributed by atoms with Gasteiger partial charge in [-0.05, 0) is 29.5 Å². The zero-order valence-electron chi connectivity index (χ0n) is 14.0. The average Bonchev–Trinajstić information content (AvgIpc) is 2.70. The second-order valence-corrected chi connectivity index (χ2v) is 7.35. The Morgan fingerprint density at radius 3 is 2.67 bits per heavy atom. The fraction of sp³-hybridized carbons (Fsp3) is 0.300. The topological polar surface area (TPSA) is 54.0 Å². The van der Waals surface area contributed by atoms with Crippen LogP contribution in [0.4, 0.5) is 11.5 Å². The third-order valence-electron chi connectivity index (χ3n) is 4.72. The third kappa shape index (κ3) is 2.58. The lowest BCUT2D eigenvalue weighted by Gasteiger charge is -2.34. The fourth-order valence-electron chi connectivity index (χ4n) is 3.67. The molecule has 0 fully saturated rings. The van der Waals surface area contributed by atoms with Crippen molar-refractivity contribution in [2.45, 2.75) is 32.7 Å². The van der Waals surface area contributed by atoms with Crippen LogP contribution in [0.2, 0.25) is 0 Å². The molecule has 1 atom stereocenters. The molecule has 4 nitrogen and oxygen atoms in total. The van der Waals surface area contributed by atoms with Crippen LogP contribution in [-0.4, -0.2) is 10.8 Å². The maximum Gasteiger partial charge on any atom is 0.163 e. The average molecular weight is 319 g/mol. The number of hydrogen-bond donors (Lipinski definition) is 2. The monoisotopic (exact) mass is 319 g/mol. The molecule has 122 valence electrons. The summed E-state index contributed by atoms with van der Waals surface area (Å²) >= 11 is 0. The second kappa shape index (κ2) is 5.48. The Morgan fingerprint density at radius 2 is 1.88 bits per heavy atom. The highest BCUT2D eigenvalue weighted by Crippen LogP contribution is 2.44. The van der Waals surface area contributed by atoms with Crippen LogP contribution >= 0.6 is 0 Å². The molecule has 2 heterocycles. The summed E-state index contributed by atoms with van der Waals surface area (Å²) in [4.78, 5) is 17.4. The van der Waals surface area contributed by atoms with E-state index in [-0.39, 0.29) is 17.2 Å². The Hall–Kier alpha value is -2.62. The molecule has 0 saturated carbocycles. The van der Waals surface area contributed by atoms with Gasteiger partial charge in [0.1, 0.15) is 5.82 Å². The summed E-state index contributed by atoms with van der Waals surface area (Å²) < 4.78 is 0. The van der Waals surface area contributed by atoms with Gasteiger partial charge in [-0.2, -0.15) is 0 Å². The maximum atomic E-state index is 13.0. The molecule has 2 aliphatic rings. The molecule has 0 saturated heterocycles. The number of rotatable bonds is 1. The first kappa shape index (κ1) is 14.9. The van der Waals surface area contributed by atoms with E-state index in [2.05, 4.69) is 41.6 Å². The van der Waals surface area contributed by atoms with Gasteiger partial charge in [-0.25, -0.2) is 4.98 Å². The fourth-order valence-corrected chi connectivity index (χ4v) is 3.67. The molecule has 1 aromatic carbocycles. The van der Waals surface area contributed by atoms with Crippen LogP contribution in [0.1, 0.15) is 38.3 Å². The first-order valence-corrected chi connectivity index (χ1v) is 8.33. The number of Topliss-reactive ketones (excluding diaryl/α,β-unsaturated/α-hetero) is 1. The van der Waals surface area contributed by atoms with E-state index in [4.69, 9.17) is 0 Å².